The van der Waals surface area contributed by atoms with E-state index in [0.717, 1.165) is 12.2 Å². The molecule has 2 heteroatoms. The Morgan fingerprint density at radius 2 is 2.17 bits per heavy atom. The Balaban J connectivity index is 1.96. The quantitative estimate of drug-likeness (QED) is 0.816. The predicted octanol–water partition coefficient (Wildman–Crippen LogP) is 3.81. The van der Waals surface area contributed by atoms with E-state index in [1.54, 1.807) is 0 Å². The number of benzene rings is 1. The minimum Gasteiger partial charge on any atom is -0.487 e. The molecule has 1 fully saturated rings. The maximum absolute atomic E-state index is 6.45. The minimum absolute atomic E-state index is 0.0147. The van der Waals surface area contributed by atoms with Gasteiger partial charge in [0.05, 0.1) is 0 Å². The van der Waals surface area contributed by atoms with Gasteiger partial charge in [0.2, 0.25) is 0 Å². The van der Waals surface area contributed by atoms with Gasteiger partial charge in [0.1, 0.15) is 11.4 Å². The molecule has 1 saturated carbocycles. The van der Waals surface area contributed by atoms with Crippen LogP contribution in [0.1, 0.15) is 57.1 Å². The Kier molecular flexibility index (Phi) is 3.06. The Labute approximate surface area is 110 Å². The molecule has 2 aliphatic rings. The maximum Gasteiger partial charge on any atom is 0.124 e. The number of hydrogen-bond acceptors (Lipinski definition) is 2. The monoisotopic (exact) mass is 245 g/mol. The van der Waals surface area contributed by atoms with Crippen molar-refractivity contribution in [2.45, 2.75) is 57.1 Å². The highest BCUT2D eigenvalue weighted by Gasteiger charge is 2.46. The molecule has 3 rings (SSSR count). The van der Waals surface area contributed by atoms with Crippen molar-refractivity contribution in [1.29, 1.82) is 0 Å². The zero-order valence-electron chi connectivity index (χ0n) is 11.2. The number of nitrogens with two attached hydrogens (primary N) is 1. The average molecular weight is 245 g/mol. The van der Waals surface area contributed by atoms with Crippen molar-refractivity contribution in [3.05, 3.63) is 29.8 Å². The first-order chi connectivity index (χ1) is 8.75. The van der Waals surface area contributed by atoms with Crippen molar-refractivity contribution in [2.75, 3.05) is 0 Å². The summed E-state index contributed by atoms with van der Waals surface area (Å²) < 4.78 is 6.45. The van der Waals surface area contributed by atoms with Gasteiger partial charge in [-0.05, 0) is 37.7 Å². The van der Waals surface area contributed by atoms with E-state index in [0.29, 0.717) is 5.92 Å². The smallest absolute Gasteiger partial charge is 0.124 e. The van der Waals surface area contributed by atoms with Crippen LogP contribution in [0.2, 0.25) is 0 Å². The van der Waals surface area contributed by atoms with Crippen molar-refractivity contribution in [3.8, 4) is 5.75 Å². The van der Waals surface area contributed by atoms with Crippen molar-refractivity contribution in [1.82, 2.24) is 0 Å². The molecule has 2 N–H and O–H groups in total. The topological polar surface area (TPSA) is 35.2 Å². The number of fused-ring (bicyclic) bond motifs is 1. The molecule has 0 aromatic heterocycles. The van der Waals surface area contributed by atoms with Crippen LogP contribution in [-0.2, 0) is 0 Å². The van der Waals surface area contributed by atoms with Crippen LogP contribution >= 0.6 is 0 Å². The van der Waals surface area contributed by atoms with Crippen LogP contribution < -0.4 is 10.5 Å². The molecule has 1 aromatic carbocycles. The van der Waals surface area contributed by atoms with Gasteiger partial charge in [0.25, 0.3) is 0 Å². The summed E-state index contributed by atoms with van der Waals surface area (Å²) in [6.07, 6.45) is 7.29. The van der Waals surface area contributed by atoms with E-state index >= 15 is 0 Å². The molecular weight excluding hydrogens is 222 g/mol. The number of ether oxygens (including phenoxy) is 1. The van der Waals surface area contributed by atoms with E-state index in [1.807, 2.05) is 6.07 Å². The first-order valence-corrected chi connectivity index (χ1v) is 7.29. The molecule has 1 aliphatic heterocycles. The van der Waals surface area contributed by atoms with Gasteiger partial charge in [-0.3, -0.25) is 0 Å². The summed E-state index contributed by atoms with van der Waals surface area (Å²) >= 11 is 0. The van der Waals surface area contributed by atoms with Crippen molar-refractivity contribution >= 4 is 0 Å². The Hall–Kier alpha value is -1.02. The highest BCUT2D eigenvalue weighted by Crippen LogP contribution is 2.48. The molecule has 0 radical (unpaired) electrons. The van der Waals surface area contributed by atoms with Crippen LogP contribution in [0.4, 0.5) is 0 Å². The summed E-state index contributed by atoms with van der Waals surface area (Å²) in [5.74, 6) is 1.70. The fourth-order valence-corrected chi connectivity index (χ4v) is 3.88. The van der Waals surface area contributed by atoms with Gasteiger partial charge in [-0.1, -0.05) is 31.5 Å². The second-order valence-corrected chi connectivity index (χ2v) is 5.87. The molecular formula is C16H23NO. The molecule has 1 spiro atoms. The summed E-state index contributed by atoms with van der Waals surface area (Å²) in [4.78, 5) is 0. The SMILES string of the molecule is CCC1CCCCC12CC(N)c1ccccc1O2. The second kappa shape index (κ2) is 4.58. The van der Waals surface area contributed by atoms with E-state index in [4.69, 9.17) is 10.5 Å². The van der Waals surface area contributed by atoms with Crippen LogP contribution in [-0.4, -0.2) is 5.60 Å². The van der Waals surface area contributed by atoms with E-state index in [-0.39, 0.29) is 11.6 Å². The normalized spacial score (nSPS) is 35.0. The molecule has 3 atom stereocenters. The molecule has 1 heterocycles. The minimum atomic E-state index is 0.0147. The molecule has 18 heavy (non-hydrogen) atoms. The lowest BCUT2D eigenvalue weighted by atomic mass is 9.69. The van der Waals surface area contributed by atoms with E-state index in [1.165, 1.54) is 37.7 Å². The standard InChI is InChI=1S/C16H23NO/c1-2-12-7-5-6-10-16(12)11-14(17)13-8-3-4-9-15(13)18-16/h3-4,8-9,12,14H,2,5-7,10-11,17H2,1H3. The number of rotatable bonds is 1. The van der Waals surface area contributed by atoms with Crippen molar-refractivity contribution < 1.29 is 4.74 Å². The zero-order valence-corrected chi connectivity index (χ0v) is 11.2. The van der Waals surface area contributed by atoms with Gasteiger partial charge < -0.3 is 10.5 Å². The summed E-state index contributed by atoms with van der Waals surface area (Å²) in [5, 5.41) is 0. The number of hydrogen-bond donors (Lipinski definition) is 1. The predicted molar refractivity (Wildman–Crippen MR) is 73.6 cm³/mol. The Morgan fingerprint density at radius 1 is 1.33 bits per heavy atom. The third-order valence-electron chi connectivity index (χ3n) is 4.84. The zero-order chi connectivity index (χ0) is 12.6. The molecule has 0 amide bonds. The van der Waals surface area contributed by atoms with Crippen LogP contribution in [0.3, 0.4) is 0 Å². The molecule has 98 valence electrons. The third kappa shape index (κ3) is 1.83. The highest BCUT2D eigenvalue weighted by molar-refractivity contribution is 5.39. The number of para-hydroxylation sites is 1. The fraction of sp³-hybridized carbons (Fsp3) is 0.625. The average Bonchev–Trinajstić information content (AvgIpc) is 2.39. The van der Waals surface area contributed by atoms with Crippen LogP contribution in [0, 0.1) is 5.92 Å². The maximum atomic E-state index is 6.45. The summed E-state index contributed by atoms with van der Waals surface area (Å²) in [6, 6.07) is 8.43. The van der Waals surface area contributed by atoms with E-state index < -0.39 is 0 Å². The third-order valence-corrected chi connectivity index (χ3v) is 4.84. The van der Waals surface area contributed by atoms with Gasteiger partial charge in [0, 0.05) is 18.0 Å². The Morgan fingerprint density at radius 3 is 3.00 bits per heavy atom. The molecule has 1 aliphatic carbocycles. The van der Waals surface area contributed by atoms with E-state index in [9.17, 15) is 0 Å². The fourth-order valence-electron chi connectivity index (χ4n) is 3.88. The lowest BCUT2D eigenvalue weighted by Gasteiger charge is -2.48. The molecule has 3 unspecified atom stereocenters. The largest absolute Gasteiger partial charge is 0.487 e. The molecule has 1 aromatic rings. The molecule has 0 bridgehead atoms. The first-order valence-electron chi connectivity index (χ1n) is 7.29. The van der Waals surface area contributed by atoms with Crippen LogP contribution in [0.25, 0.3) is 0 Å². The summed E-state index contributed by atoms with van der Waals surface area (Å²) in [7, 11) is 0. The van der Waals surface area contributed by atoms with Gasteiger partial charge in [-0.2, -0.15) is 0 Å². The first kappa shape index (κ1) is 12.0. The summed E-state index contributed by atoms with van der Waals surface area (Å²) in [6.45, 7) is 2.28. The van der Waals surface area contributed by atoms with Gasteiger partial charge in [-0.25, -0.2) is 0 Å². The van der Waals surface area contributed by atoms with Gasteiger partial charge >= 0.3 is 0 Å². The lowest BCUT2D eigenvalue weighted by Crippen LogP contribution is -2.50. The highest BCUT2D eigenvalue weighted by atomic mass is 16.5. The summed E-state index contributed by atoms with van der Waals surface area (Å²) in [5.41, 5.74) is 7.59. The molecule has 2 nitrogen and oxygen atoms in total. The van der Waals surface area contributed by atoms with Crippen LogP contribution in [0.5, 0.6) is 5.75 Å². The van der Waals surface area contributed by atoms with Gasteiger partial charge in [-0.15, -0.1) is 0 Å². The van der Waals surface area contributed by atoms with Crippen molar-refractivity contribution in [3.63, 3.8) is 0 Å². The molecule has 0 saturated heterocycles. The van der Waals surface area contributed by atoms with Gasteiger partial charge in [0.15, 0.2) is 0 Å². The van der Waals surface area contributed by atoms with E-state index in [2.05, 4.69) is 25.1 Å². The lowest BCUT2D eigenvalue weighted by molar-refractivity contribution is -0.0489. The van der Waals surface area contributed by atoms with Crippen molar-refractivity contribution in [2.24, 2.45) is 11.7 Å². The second-order valence-electron chi connectivity index (χ2n) is 5.87. The van der Waals surface area contributed by atoms with Crippen LogP contribution in [0.15, 0.2) is 24.3 Å². The Bertz CT molecular complexity index is 431.